The zero-order valence-corrected chi connectivity index (χ0v) is 8.99. The van der Waals surface area contributed by atoms with E-state index < -0.39 is 0 Å². The van der Waals surface area contributed by atoms with Crippen LogP contribution in [0.5, 0.6) is 0 Å². The Balaban J connectivity index is 2.32. The summed E-state index contributed by atoms with van der Waals surface area (Å²) in [6, 6.07) is 9.58. The zero-order chi connectivity index (χ0) is 11.4. The second-order valence-corrected chi connectivity index (χ2v) is 3.47. The molecule has 1 aromatic carbocycles. The van der Waals surface area contributed by atoms with Crippen molar-refractivity contribution in [2.75, 3.05) is 7.05 Å². The molecule has 0 aliphatic heterocycles. The number of aromatic amines is 1. The molecule has 2 rings (SSSR count). The number of imidazole rings is 1. The van der Waals surface area contributed by atoms with Crippen LogP contribution < -0.4 is 5.32 Å². The third-order valence-electron chi connectivity index (χ3n) is 2.28. The van der Waals surface area contributed by atoms with Crippen LogP contribution in [0.4, 0.5) is 0 Å². The van der Waals surface area contributed by atoms with Gasteiger partial charge in [0.25, 0.3) is 0 Å². The number of H-pyrrole nitrogens is 1. The summed E-state index contributed by atoms with van der Waals surface area (Å²) >= 11 is 0. The molecule has 0 aliphatic carbocycles. The molecule has 0 amide bonds. The van der Waals surface area contributed by atoms with Crippen molar-refractivity contribution < 1.29 is 0 Å². The Kier molecular flexibility index (Phi) is 2.99. The first kappa shape index (κ1) is 10.4. The molecule has 0 saturated heterocycles. The fourth-order valence-electron chi connectivity index (χ4n) is 1.52. The van der Waals surface area contributed by atoms with Crippen molar-refractivity contribution in [2.45, 2.75) is 6.54 Å². The van der Waals surface area contributed by atoms with Gasteiger partial charge in [0.1, 0.15) is 5.82 Å². The Labute approximate surface area is 94.0 Å². The van der Waals surface area contributed by atoms with Crippen LogP contribution >= 0.6 is 0 Å². The first-order valence-electron chi connectivity index (χ1n) is 5.02. The Bertz CT molecular complexity index is 522. The highest BCUT2D eigenvalue weighted by Crippen LogP contribution is 2.17. The molecule has 16 heavy (non-hydrogen) atoms. The van der Waals surface area contributed by atoms with Crippen molar-refractivity contribution in [1.82, 2.24) is 15.3 Å². The van der Waals surface area contributed by atoms with Crippen LogP contribution in [-0.2, 0) is 6.54 Å². The van der Waals surface area contributed by atoms with Crippen LogP contribution in [0.3, 0.4) is 0 Å². The summed E-state index contributed by atoms with van der Waals surface area (Å²) in [7, 11) is 1.87. The zero-order valence-electron chi connectivity index (χ0n) is 8.99. The van der Waals surface area contributed by atoms with E-state index in [2.05, 4.69) is 21.4 Å². The first-order valence-corrected chi connectivity index (χ1v) is 5.02. The minimum atomic E-state index is 0.655. The van der Waals surface area contributed by atoms with E-state index in [1.165, 1.54) is 0 Å². The molecule has 2 aromatic rings. The van der Waals surface area contributed by atoms with Crippen LogP contribution in [0, 0.1) is 11.3 Å². The largest absolute Gasteiger partial charge is 0.341 e. The average Bonchev–Trinajstić information content (AvgIpc) is 2.78. The van der Waals surface area contributed by atoms with Gasteiger partial charge in [0.2, 0.25) is 0 Å². The molecule has 0 atom stereocenters. The quantitative estimate of drug-likeness (QED) is 0.813. The molecule has 0 aliphatic rings. The monoisotopic (exact) mass is 212 g/mol. The van der Waals surface area contributed by atoms with Gasteiger partial charge in [0.15, 0.2) is 0 Å². The van der Waals surface area contributed by atoms with Gasteiger partial charge in [-0.1, -0.05) is 12.1 Å². The number of hydrogen-bond donors (Lipinski definition) is 2. The standard InChI is InChI=1S/C12H12N4/c1-14-8-12-15-7-11(16-12)10-4-2-3-9(5-10)6-13/h2-5,7,14H,8H2,1H3,(H,15,16). The molecular formula is C12H12N4. The predicted molar refractivity (Wildman–Crippen MR) is 61.5 cm³/mol. The average molecular weight is 212 g/mol. The molecule has 4 nitrogen and oxygen atoms in total. The molecule has 0 bridgehead atoms. The molecular weight excluding hydrogens is 200 g/mol. The van der Waals surface area contributed by atoms with E-state index in [-0.39, 0.29) is 0 Å². The number of benzene rings is 1. The van der Waals surface area contributed by atoms with E-state index in [9.17, 15) is 0 Å². The lowest BCUT2D eigenvalue weighted by molar-refractivity contribution is 0.772. The first-order chi connectivity index (χ1) is 7.83. The van der Waals surface area contributed by atoms with E-state index in [0.717, 1.165) is 17.1 Å². The highest BCUT2D eigenvalue weighted by molar-refractivity contribution is 5.60. The van der Waals surface area contributed by atoms with Gasteiger partial charge >= 0.3 is 0 Å². The van der Waals surface area contributed by atoms with Crippen LogP contribution in [0.1, 0.15) is 11.4 Å². The van der Waals surface area contributed by atoms with Crippen LogP contribution in [0.25, 0.3) is 11.3 Å². The number of nitrogens with zero attached hydrogens (tertiary/aromatic N) is 2. The SMILES string of the molecule is CNCc1ncc(-c2cccc(C#N)c2)[nH]1. The number of aromatic nitrogens is 2. The number of rotatable bonds is 3. The van der Waals surface area contributed by atoms with Crippen molar-refractivity contribution in [1.29, 1.82) is 5.26 Å². The van der Waals surface area contributed by atoms with E-state index in [1.807, 2.05) is 25.2 Å². The topological polar surface area (TPSA) is 64.5 Å². The van der Waals surface area contributed by atoms with Gasteiger partial charge in [-0.15, -0.1) is 0 Å². The van der Waals surface area contributed by atoms with Gasteiger partial charge in [-0.2, -0.15) is 5.26 Å². The molecule has 2 N–H and O–H groups in total. The fourth-order valence-corrected chi connectivity index (χ4v) is 1.52. The van der Waals surface area contributed by atoms with Crippen LogP contribution in [0.15, 0.2) is 30.5 Å². The Morgan fingerprint density at radius 2 is 2.38 bits per heavy atom. The summed E-state index contributed by atoms with van der Waals surface area (Å²) in [5, 5.41) is 11.8. The normalized spacial score (nSPS) is 10.0. The summed E-state index contributed by atoms with van der Waals surface area (Å²) in [4.78, 5) is 7.44. The Hall–Kier alpha value is -2.12. The van der Waals surface area contributed by atoms with Gasteiger partial charge in [0.05, 0.1) is 30.1 Å². The van der Waals surface area contributed by atoms with Crippen LogP contribution in [-0.4, -0.2) is 17.0 Å². The van der Waals surface area contributed by atoms with E-state index in [4.69, 9.17) is 5.26 Å². The molecule has 80 valence electrons. The lowest BCUT2D eigenvalue weighted by Gasteiger charge is -1.97. The summed E-state index contributed by atoms with van der Waals surface area (Å²) < 4.78 is 0. The van der Waals surface area contributed by atoms with Gasteiger partial charge in [-0.3, -0.25) is 0 Å². The summed E-state index contributed by atoms with van der Waals surface area (Å²) in [5.41, 5.74) is 2.57. The minimum Gasteiger partial charge on any atom is -0.341 e. The summed E-state index contributed by atoms with van der Waals surface area (Å²) in [6.45, 7) is 0.706. The maximum atomic E-state index is 8.81. The third-order valence-corrected chi connectivity index (χ3v) is 2.28. The molecule has 1 aromatic heterocycles. The van der Waals surface area contributed by atoms with Crippen LogP contribution in [0.2, 0.25) is 0 Å². The van der Waals surface area contributed by atoms with Gasteiger partial charge in [-0.05, 0) is 19.2 Å². The Morgan fingerprint density at radius 3 is 3.12 bits per heavy atom. The number of nitrogens with one attached hydrogen (secondary N) is 2. The van der Waals surface area contributed by atoms with Crippen molar-refractivity contribution in [3.63, 3.8) is 0 Å². The molecule has 4 heteroatoms. The second-order valence-electron chi connectivity index (χ2n) is 3.47. The minimum absolute atomic E-state index is 0.655. The third kappa shape index (κ3) is 2.10. The van der Waals surface area contributed by atoms with Crippen molar-refractivity contribution in [3.05, 3.63) is 41.9 Å². The molecule has 0 radical (unpaired) electrons. The molecule has 0 saturated carbocycles. The lowest BCUT2D eigenvalue weighted by atomic mass is 10.1. The van der Waals surface area contributed by atoms with Gasteiger partial charge < -0.3 is 10.3 Å². The van der Waals surface area contributed by atoms with Crippen molar-refractivity contribution in [2.24, 2.45) is 0 Å². The maximum Gasteiger partial charge on any atom is 0.120 e. The Morgan fingerprint density at radius 1 is 1.50 bits per heavy atom. The second kappa shape index (κ2) is 4.60. The molecule has 0 spiro atoms. The molecule has 1 heterocycles. The molecule has 0 fully saturated rings. The number of nitriles is 1. The number of hydrogen-bond acceptors (Lipinski definition) is 3. The van der Waals surface area contributed by atoms with Gasteiger partial charge in [0, 0.05) is 5.56 Å². The predicted octanol–water partition coefficient (Wildman–Crippen LogP) is 1.67. The fraction of sp³-hybridized carbons (Fsp3) is 0.167. The summed E-state index contributed by atoms with van der Waals surface area (Å²) in [5.74, 6) is 0.889. The van der Waals surface area contributed by atoms with Crippen molar-refractivity contribution >= 4 is 0 Å². The lowest BCUT2D eigenvalue weighted by Crippen LogP contribution is -2.06. The summed E-state index contributed by atoms with van der Waals surface area (Å²) in [6.07, 6.45) is 1.78. The van der Waals surface area contributed by atoms with Gasteiger partial charge in [-0.25, -0.2) is 4.98 Å². The maximum absolute atomic E-state index is 8.81. The van der Waals surface area contributed by atoms with E-state index in [1.54, 1.807) is 12.3 Å². The van der Waals surface area contributed by atoms with E-state index in [0.29, 0.717) is 12.1 Å². The van der Waals surface area contributed by atoms with E-state index >= 15 is 0 Å². The highest BCUT2D eigenvalue weighted by atomic mass is 15.0. The molecule has 0 unspecified atom stereocenters. The smallest absolute Gasteiger partial charge is 0.120 e. The highest BCUT2D eigenvalue weighted by Gasteiger charge is 2.03. The van der Waals surface area contributed by atoms with Crippen molar-refractivity contribution in [3.8, 4) is 17.3 Å².